The molecule has 9 aromatic rings. The van der Waals surface area contributed by atoms with Gasteiger partial charge in [-0.25, -0.2) is 0 Å². The molecule has 0 radical (unpaired) electrons. The van der Waals surface area contributed by atoms with E-state index in [4.69, 9.17) is 27.1 Å². The minimum absolute atomic E-state index is 0.338. The maximum Gasteiger partial charge on any atom is 0.530 e. The third-order valence-corrected chi connectivity index (χ3v) is 19.6. The fourth-order valence-electron chi connectivity index (χ4n) is 11.1. The molecule has 0 aromatic heterocycles. The molecule has 0 fully saturated rings. The van der Waals surface area contributed by atoms with Crippen molar-refractivity contribution in [2.75, 3.05) is 0 Å². The molecule has 0 aliphatic carbocycles. The second kappa shape index (κ2) is 20.9. The van der Waals surface area contributed by atoms with Crippen LogP contribution in [0.4, 0.5) is 0 Å². The maximum atomic E-state index is 6.74. The molecule has 0 saturated carbocycles. The first-order valence-electron chi connectivity index (χ1n) is 27.7. The van der Waals surface area contributed by atoms with Gasteiger partial charge < -0.3 is 27.1 Å². The van der Waals surface area contributed by atoms with Crippen molar-refractivity contribution in [3.63, 3.8) is 0 Å². The summed E-state index contributed by atoms with van der Waals surface area (Å²) < 4.78 is 40.4. The summed E-state index contributed by atoms with van der Waals surface area (Å²) in [5, 5.41) is 0. The van der Waals surface area contributed by atoms with Gasteiger partial charge in [0.1, 0.15) is 34.5 Å². The molecule has 8 heteroatoms. The van der Waals surface area contributed by atoms with Gasteiger partial charge in [-0.15, -0.1) is 0 Å². The Balaban J connectivity index is 1.06. The van der Waals surface area contributed by atoms with Gasteiger partial charge in [0.15, 0.2) is 0 Å². The molecular formula is C72H72O6P2. The van der Waals surface area contributed by atoms with Gasteiger partial charge in [-0.1, -0.05) is 229 Å². The largest absolute Gasteiger partial charge is 0.530 e. The summed E-state index contributed by atoms with van der Waals surface area (Å²) in [6, 6.07) is 76.9. The zero-order valence-corrected chi connectivity index (χ0v) is 49.9. The van der Waals surface area contributed by atoms with Crippen LogP contribution >= 0.6 is 17.2 Å². The second-order valence-electron chi connectivity index (χ2n) is 24.6. The van der Waals surface area contributed by atoms with Crippen molar-refractivity contribution in [2.24, 2.45) is 0 Å². The Morgan fingerprint density at radius 1 is 0.188 bits per heavy atom. The molecule has 0 amide bonds. The van der Waals surface area contributed by atoms with Crippen LogP contribution in [0.2, 0.25) is 0 Å². The fourth-order valence-corrected chi connectivity index (χ4v) is 13.1. The van der Waals surface area contributed by atoms with Gasteiger partial charge in [0.2, 0.25) is 0 Å². The van der Waals surface area contributed by atoms with Crippen molar-refractivity contribution in [2.45, 2.75) is 116 Å². The minimum Gasteiger partial charge on any atom is -0.409 e. The van der Waals surface area contributed by atoms with E-state index in [-0.39, 0.29) is 32.5 Å². The van der Waals surface area contributed by atoms with Crippen LogP contribution in [0.3, 0.4) is 0 Å². The van der Waals surface area contributed by atoms with Crippen LogP contribution in [0.25, 0.3) is 0 Å². The number of rotatable bonds is 0. The van der Waals surface area contributed by atoms with Crippen LogP contribution in [0.1, 0.15) is 150 Å². The first-order chi connectivity index (χ1) is 38.1. The third kappa shape index (κ3) is 10.7. The molecule has 30 rings (SSSR count). The highest BCUT2D eigenvalue weighted by Crippen LogP contribution is 2.48. The average Bonchev–Trinajstić information content (AvgIpc) is 3.47. The average molecular weight is 1100 g/mol. The minimum atomic E-state index is -1.98. The zero-order valence-electron chi connectivity index (χ0n) is 48.1. The Morgan fingerprint density at radius 3 is 0.463 bits per heavy atom. The van der Waals surface area contributed by atoms with Crippen molar-refractivity contribution in [1.82, 2.24) is 0 Å². The molecule has 21 aliphatic rings. The van der Waals surface area contributed by atoms with Crippen molar-refractivity contribution < 1.29 is 27.1 Å². The molecule has 6 nitrogen and oxygen atoms in total. The lowest BCUT2D eigenvalue weighted by Gasteiger charge is -2.31. The summed E-state index contributed by atoms with van der Waals surface area (Å²) in [4.78, 5) is 0. The van der Waals surface area contributed by atoms with Gasteiger partial charge in [0.25, 0.3) is 0 Å². The second-order valence-corrected chi connectivity index (χ2v) is 26.6. The van der Waals surface area contributed by atoms with Gasteiger partial charge >= 0.3 is 17.2 Å². The summed E-state index contributed by atoms with van der Waals surface area (Å²) in [6.45, 7) is 27.3. The van der Waals surface area contributed by atoms with E-state index < -0.39 is 17.2 Å². The molecule has 80 heavy (non-hydrogen) atoms. The van der Waals surface area contributed by atoms with Crippen LogP contribution in [0, 0.1) is 0 Å². The van der Waals surface area contributed by atoms with Gasteiger partial charge in [-0.3, -0.25) is 0 Å². The smallest absolute Gasteiger partial charge is 0.409 e. The van der Waals surface area contributed by atoms with E-state index >= 15 is 0 Å². The van der Waals surface area contributed by atoms with E-state index in [9.17, 15) is 0 Å². The highest BCUT2D eigenvalue weighted by Gasteiger charge is 2.33. The Kier molecular flexibility index (Phi) is 14.3. The maximum absolute atomic E-state index is 6.74. The van der Waals surface area contributed by atoms with Crippen molar-refractivity contribution in [3.05, 3.63) is 285 Å². The molecule has 21 heterocycles. The Morgan fingerprint density at radius 2 is 0.325 bits per heavy atom. The lowest BCUT2D eigenvalue weighted by Crippen LogP contribution is -2.23. The standard InChI is InChI=1S/C72H72O6P2/c1-67(2)49-22-34-61(35-23-49)73-79-74-63-38-26-51(27-39-63)69(5,6)57-18-14-20-59(47-57)71(9,10)53-30-42-65(43-31-53)77-80(76-62-36-24-50(25-37-62)68(3,4)56-17-13-16-55(67)46-56)78-66-44-32-54(33-45-66)72(11,12)60-21-15-19-58(48-60)70(7,8)52-28-40-64(75-79)41-29-52/h13-48H,1-12H3. The lowest BCUT2D eigenvalue weighted by molar-refractivity contribution is 0.386. The van der Waals surface area contributed by atoms with E-state index in [0.717, 1.165) is 33.4 Å². The predicted molar refractivity (Wildman–Crippen MR) is 328 cm³/mol. The third-order valence-electron chi connectivity index (χ3n) is 17.5. The Labute approximate surface area is 477 Å². The van der Waals surface area contributed by atoms with Crippen molar-refractivity contribution in [3.8, 4) is 34.5 Å². The fraction of sp³-hybridized carbons (Fsp3) is 0.250. The quantitative estimate of drug-likeness (QED) is 0.141. The predicted octanol–water partition coefficient (Wildman–Crippen LogP) is 19.8. The van der Waals surface area contributed by atoms with Gasteiger partial charge in [-0.2, -0.15) is 0 Å². The summed E-state index contributed by atoms with van der Waals surface area (Å²) in [5.74, 6) is 3.88. The molecule has 20 bridgehead atoms. The highest BCUT2D eigenvalue weighted by molar-refractivity contribution is 7.43. The lowest BCUT2D eigenvalue weighted by atomic mass is 9.73. The molecule has 0 saturated heterocycles. The monoisotopic (exact) mass is 1090 g/mol. The first kappa shape index (κ1) is 54.6. The van der Waals surface area contributed by atoms with Crippen LogP contribution in [-0.4, -0.2) is 0 Å². The number of hydrogen-bond acceptors (Lipinski definition) is 6. The number of hydrogen-bond donors (Lipinski definition) is 0. The molecule has 406 valence electrons. The first-order valence-corrected chi connectivity index (χ1v) is 29.9. The molecule has 21 aliphatic heterocycles. The summed E-state index contributed by atoms with van der Waals surface area (Å²) in [7, 11) is -3.95. The van der Waals surface area contributed by atoms with Gasteiger partial charge in [-0.05, 0) is 140 Å². The number of benzene rings is 9. The van der Waals surface area contributed by atoms with Crippen LogP contribution in [0.5, 0.6) is 34.5 Å². The molecule has 0 N–H and O–H groups in total. The van der Waals surface area contributed by atoms with E-state index in [0.29, 0.717) is 34.5 Å². The van der Waals surface area contributed by atoms with Crippen molar-refractivity contribution in [1.29, 1.82) is 0 Å². The molecule has 0 atom stereocenters. The molecule has 0 unspecified atom stereocenters. The topological polar surface area (TPSA) is 55.4 Å². The van der Waals surface area contributed by atoms with Crippen LogP contribution in [0.15, 0.2) is 218 Å². The van der Waals surface area contributed by atoms with E-state index in [1.165, 1.54) is 33.4 Å². The summed E-state index contributed by atoms with van der Waals surface area (Å²) in [6.07, 6.45) is 0. The molecule has 9 aromatic carbocycles. The summed E-state index contributed by atoms with van der Waals surface area (Å²) >= 11 is 0. The van der Waals surface area contributed by atoms with Gasteiger partial charge in [0, 0.05) is 32.5 Å². The van der Waals surface area contributed by atoms with Crippen molar-refractivity contribution >= 4 is 17.2 Å². The zero-order chi connectivity index (χ0) is 56.2. The van der Waals surface area contributed by atoms with E-state index in [1.807, 2.05) is 72.8 Å². The van der Waals surface area contributed by atoms with E-state index in [2.05, 4.69) is 229 Å². The summed E-state index contributed by atoms with van der Waals surface area (Å²) in [5.41, 5.74) is 12.1. The highest BCUT2D eigenvalue weighted by atomic mass is 31.2. The SMILES string of the molecule is CC1(C)c2ccc(cc2)OP2Oc3ccc(cc3)C(C)(C)c3cccc(c3)C(C)(C)c3ccc(cc3)OP(Oc3ccc(cc3)C(C)(C)c3cccc1c3)Oc1ccc(cc1)C(C)(C)c1cccc(c1)C(C)(C)c1ccc(cc1)O2. The Bertz CT molecular complexity index is 3020. The normalized spacial score (nSPS) is 19.2. The van der Waals surface area contributed by atoms with Gasteiger partial charge in [0.05, 0.1) is 0 Å². The molecule has 0 spiro atoms. The van der Waals surface area contributed by atoms with Crippen LogP contribution < -0.4 is 27.1 Å². The van der Waals surface area contributed by atoms with E-state index in [1.54, 1.807) is 0 Å². The van der Waals surface area contributed by atoms with Crippen LogP contribution in [-0.2, 0) is 32.5 Å². The Hall–Kier alpha value is -7.36. The molecular weight excluding hydrogens is 1020 g/mol.